The number of benzene rings is 2. The van der Waals surface area contributed by atoms with Crippen molar-refractivity contribution in [1.82, 2.24) is 25.1 Å². The van der Waals surface area contributed by atoms with Gasteiger partial charge in [-0.15, -0.1) is 5.10 Å². The molecule has 2 aliphatic rings. The Balaban J connectivity index is 1.25. The number of nitrogens with zero attached hydrogens (tertiary/aromatic N) is 6. The van der Waals surface area contributed by atoms with Gasteiger partial charge in [-0.05, 0) is 46.9 Å². The smallest absolute Gasteiger partial charge is 0.247 e. The van der Waals surface area contributed by atoms with Crippen LogP contribution in [-0.2, 0) is 22.4 Å². The largest absolute Gasteiger partial charge is 0.341 e. The van der Waals surface area contributed by atoms with E-state index in [1.807, 2.05) is 58.3 Å². The number of rotatable bonds is 5. The summed E-state index contributed by atoms with van der Waals surface area (Å²) in [5, 5.41) is 11.4. The molecule has 5 rings (SSSR count). The third-order valence-electron chi connectivity index (χ3n) is 6.55. The summed E-state index contributed by atoms with van der Waals surface area (Å²) in [7, 11) is 0. The minimum atomic E-state index is -0.495. The Morgan fingerprint density at radius 1 is 0.969 bits per heavy atom. The van der Waals surface area contributed by atoms with Crippen molar-refractivity contribution in [3.8, 4) is 0 Å². The number of hydrogen-bond acceptors (Lipinski definition) is 5. The topological polar surface area (TPSA) is 84.2 Å². The number of fused-ring (bicyclic) bond motifs is 1. The molecule has 0 radical (unpaired) electrons. The molecule has 0 aliphatic carbocycles. The van der Waals surface area contributed by atoms with Crippen LogP contribution in [0.25, 0.3) is 0 Å². The Kier molecular flexibility index (Phi) is 5.66. The number of carbonyl (C=O) groups excluding carboxylic acids is 2. The van der Waals surface area contributed by atoms with Gasteiger partial charge in [-0.2, -0.15) is 0 Å². The van der Waals surface area contributed by atoms with Gasteiger partial charge in [0.05, 0.1) is 0 Å². The van der Waals surface area contributed by atoms with Crippen LogP contribution in [0.3, 0.4) is 0 Å². The number of para-hydroxylation sites is 1. The van der Waals surface area contributed by atoms with Crippen molar-refractivity contribution < 1.29 is 9.59 Å². The molecule has 8 heteroatoms. The van der Waals surface area contributed by atoms with Crippen molar-refractivity contribution in [1.29, 1.82) is 0 Å². The normalized spacial score (nSPS) is 17.2. The third kappa shape index (κ3) is 4.00. The summed E-state index contributed by atoms with van der Waals surface area (Å²) in [6.45, 7) is 1.88. The highest BCUT2D eigenvalue weighted by Crippen LogP contribution is 2.31. The molecule has 0 saturated carbocycles. The molecule has 2 amide bonds. The summed E-state index contributed by atoms with van der Waals surface area (Å²) in [5.41, 5.74) is 3.33. The van der Waals surface area contributed by atoms with E-state index >= 15 is 0 Å². The lowest BCUT2D eigenvalue weighted by Gasteiger charge is -2.35. The van der Waals surface area contributed by atoms with E-state index in [9.17, 15) is 9.59 Å². The molecular formula is C24H26N6O2. The summed E-state index contributed by atoms with van der Waals surface area (Å²) >= 11 is 0. The van der Waals surface area contributed by atoms with Gasteiger partial charge >= 0.3 is 0 Å². The molecule has 2 aromatic carbocycles. The molecular weight excluding hydrogens is 404 g/mol. The maximum absolute atomic E-state index is 13.4. The number of amides is 2. The van der Waals surface area contributed by atoms with Crippen LogP contribution in [0, 0.1) is 5.92 Å². The lowest BCUT2D eigenvalue weighted by Crippen LogP contribution is -2.46. The Bertz CT molecular complexity index is 1080. The van der Waals surface area contributed by atoms with Gasteiger partial charge in [-0.3, -0.25) is 9.59 Å². The first-order valence-electron chi connectivity index (χ1n) is 11.1. The fraction of sp³-hybridized carbons (Fsp3) is 0.375. The number of anilines is 1. The maximum atomic E-state index is 13.4. The van der Waals surface area contributed by atoms with Crippen molar-refractivity contribution in [2.24, 2.45) is 5.92 Å². The molecule has 0 spiro atoms. The lowest BCUT2D eigenvalue weighted by molar-refractivity contribution is -0.138. The summed E-state index contributed by atoms with van der Waals surface area (Å²) in [4.78, 5) is 30.4. The molecule has 164 valence electrons. The van der Waals surface area contributed by atoms with Crippen LogP contribution < -0.4 is 4.90 Å². The zero-order valence-corrected chi connectivity index (χ0v) is 17.9. The summed E-state index contributed by atoms with van der Waals surface area (Å²) in [6, 6.07) is 17.5. The summed E-state index contributed by atoms with van der Waals surface area (Å²) < 4.78 is 1.54. The maximum Gasteiger partial charge on any atom is 0.247 e. The highest BCUT2D eigenvalue weighted by Gasteiger charge is 2.35. The third-order valence-corrected chi connectivity index (χ3v) is 6.55. The molecule has 3 heterocycles. The predicted octanol–water partition coefficient (Wildman–Crippen LogP) is 2.28. The van der Waals surface area contributed by atoms with E-state index in [0.717, 1.165) is 24.2 Å². The predicted molar refractivity (Wildman–Crippen MR) is 119 cm³/mol. The van der Waals surface area contributed by atoms with E-state index in [4.69, 9.17) is 0 Å². The van der Waals surface area contributed by atoms with E-state index in [0.29, 0.717) is 32.4 Å². The first kappa shape index (κ1) is 20.4. The number of hydrogen-bond donors (Lipinski definition) is 0. The molecule has 0 N–H and O–H groups in total. The van der Waals surface area contributed by atoms with Crippen LogP contribution in [0.1, 0.15) is 30.0 Å². The Labute approximate surface area is 186 Å². The van der Waals surface area contributed by atoms with Gasteiger partial charge < -0.3 is 9.80 Å². The first-order chi connectivity index (χ1) is 15.7. The van der Waals surface area contributed by atoms with Gasteiger partial charge in [0.1, 0.15) is 12.4 Å². The van der Waals surface area contributed by atoms with Gasteiger partial charge in [-0.25, -0.2) is 4.68 Å². The molecule has 8 nitrogen and oxygen atoms in total. The zero-order valence-electron chi connectivity index (χ0n) is 17.9. The summed E-state index contributed by atoms with van der Waals surface area (Å²) in [5.74, 6) is 0.132. The zero-order chi connectivity index (χ0) is 21.9. The van der Waals surface area contributed by atoms with E-state index in [1.54, 1.807) is 0 Å². The Hall–Kier alpha value is -3.55. The fourth-order valence-electron chi connectivity index (χ4n) is 4.79. The van der Waals surface area contributed by atoms with Crippen LogP contribution >= 0.6 is 0 Å². The van der Waals surface area contributed by atoms with Crippen LogP contribution in [0.15, 0.2) is 60.9 Å². The van der Waals surface area contributed by atoms with Gasteiger partial charge in [0.15, 0.2) is 0 Å². The van der Waals surface area contributed by atoms with Crippen molar-refractivity contribution in [2.45, 2.75) is 31.7 Å². The minimum absolute atomic E-state index is 0.00132. The standard InChI is InChI=1S/C24H26N6O2/c31-23(29-15-12-19-8-4-5-9-21(19)29)20-10-13-28(14-11-20)24(32)22(30-17-25-26-27-30)16-18-6-2-1-3-7-18/h1-9,17,20,22H,10-16H2. The average molecular weight is 431 g/mol. The van der Waals surface area contributed by atoms with Crippen molar-refractivity contribution in [3.63, 3.8) is 0 Å². The minimum Gasteiger partial charge on any atom is -0.341 e. The molecule has 32 heavy (non-hydrogen) atoms. The van der Waals surface area contributed by atoms with Gasteiger partial charge in [0, 0.05) is 37.7 Å². The van der Waals surface area contributed by atoms with E-state index in [-0.39, 0.29) is 17.7 Å². The number of tetrazole rings is 1. The molecule has 0 bridgehead atoms. The second-order valence-corrected chi connectivity index (χ2v) is 8.46. The van der Waals surface area contributed by atoms with E-state index in [1.165, 1.54) is 16.6 Å². The average Bonchev–Trinajstić information content (AvgIpc) is 3.53. The summed E-state index contributed by atoms with van der Waals surface area (Å²) in [6.07, 6.45) is 4.28. The van der Waals surface area contributed by atoms with Gasteiger partial charge in [0.25, 0.3) is 0 Å². The molecule has 2 aliphatic heterocycles. The van der Waals surface area contributed by atoms with Crippen molar-refractivity contribution in [2.75, 3.05) is 24.5 Å². The second-order valence-electron chi connectivity index (χ2n) is 8.46. The van der Waals surface area contributed by atoms with Crippen molar-refractivity contribution >= 4 is 17.5 Å². The molecule has 3 aromatic rings. The fourth-order valence-corrected chi connectivity index (χ4v) is 4.79. The number of carbonyl (C=O) groups is 2. The van der Waals surface area contributed by atoms with Crippen LogP contribution in [0.2, 0.25) is 0 Å². The van der Waals surface area contributed by atoms with Crippen LogP contribution in [0.5, 0.6) is 0 Å². The molecule has 1 fully saturated rings. The molecule has 1 unspecified atom stereocenters. The monoisotopic (exact) mass is 430 g/mol. The number of likely N-dealkylation sites (tertiary alicyclic amines) is 1. The Morgan fingerprint density at radius 3 is 2.47 bits per heavy atom. The SMILES string of the molecule is O=C(C(Cc1ccccc1)n1cnnn1)N1CCC(C(=O)N2CCc3ccccc32)CC1. The quantitative estimate of drug-likeness (QED) is 0.620. The molecule has 1 saturated heterocycles. The number of piperidine rings is 1. The van der Waals surface area contributed by atoms with E-state index in [2.05, 4.69) is 21.6 Å². The highest BCUT2D eigenvalue weighted by molar-refractivity contribution is 5.97. The van der Waals surface area contributed by atoms with Gasteiger partial charge in [-0.1, -0.05) is 48.5 Å². The lowest BCUT2D eigenvalue weighted by atomic mass is 9.94. The van der Waals surface area contributed by atoms with E-state index < -0.39 is 6.04 Å². The van der Waals surface area contributed by atoms with Crippen LogP contribution in [0.4, 0.5) is 5.69 Å². The molecule has 1 atom stereocenters. The first-order valence-corrected chi connectivity index (χ1v) is 11.1. The van der Waals surface area contributed by atoms with Crippen molar-refractivity contribution in [3.05, 3.63) is 72.1 Å². The number of aromatic nitrogens is 4. The van der Waals surface area contributed by atoms with Crippen LogP contribution in [-0.4, -0.2) is 56.6 Å². The molecule has 1 aromatic heterocycles. The van der Waals surface area contributed by atoms with Gasteiger partial charge in [0.2, 0.25) is 11.8 Å². The Morgan fingerprint density at radius 2 is 1.72 bits per heavy atom. The second kappa shape index (κ2) is 8.90. The highest BCUT2D eigenvalue weighted by atomic mass is 16.2.